The molecule has 0 aliphatic heterocycles. The molecular formula is C17H22FNO3. The fraction of sp³-hybridized carbons (Fsp3) is 0.529. The molecule has 0 radical (unpaired) electrons. The van der Waals surface area contributed by atoms with Gasteiger partial charge in [0.05, 0.1) is 0 Å². The topological polar surface area (TPSA) is 66.4 Å². The Morgan fingerprint density at radius 1 is 1.14 bits per heavy atom. The molecule has 1 aromatic rings. The van der Waals surface area contributed by atoms with Gasteiger partial charge in [-0.15, -0.1) is 0 Å². The lowest BCUT2D eigenvalue weighted by atomic mass is 10.1. The van der Waals surface area contributed by atoms with E-state index < -0.39 is 5.97 Å². The highest BCUT2D eigenvalue weighted by Crippen LogP contribution is 2.47. The number of halogens is 1. The predicted octanol–water partition coefficient (Wildman–Crippen LogP) is 3.08. The van der Waals surface area contributed by atoms with E-state index in [9.17, 15) is 14.0 Å². The summed E-state index contributed by atoms with van der Waals surface area (Å²) in [5.74, 6) is -0.712. The van der Waals surface area contributed by atoms with Crippen LogP contribution in [0.15, 0.2) is 24.3 Å². The van der Waals surface area contributed by atoms with Gasteiger partial charge in [-0.05, 0) is 42.9 Å². The number of carboxylic acids is 1. The molecule has 0 saturated heterocycles. The van der Waals surface area contributed by atoms with E-state index in [0.717, 1.165) is 31.2 Å². The van der Waals surface area contributed by atoms with Crippen LogP contribution in [0.5, 0.6) is 0 Å². The molecule has 1 aliphatic carbocycles. The molecule has 1 saturated carbocycles. The summed E-state index contributed by atoms with van der Waals surface area (Å²) in [6.07, 6.45) is 4.42. The second-order valence-electron chi connectivity index (χ2n) is 5.85. The summed E-state index contributed by atoms with van der Waals surface area (Å²) in [4.78, 5) is 22.3. The van der Waals surface area contributed by atoms with E-state index >= 15 is 0 Å². The molecule has 0 heterocycles. The van der Waals surface area contributed by atoms with Gasteiger partial charge in [-0.1, -0.05) is 25.0 Å². The predicted molar refractivity (Wildman–Crippen MR) is 81.0 cm³/mol. The summed E-state index contributed by atoms with van der Waals surface area (Å²) in [6, 6.07) is 6.35. The van der Waals surface area contributed by atoms with Crippen LogP contribution < -0.4 is 5.32 Å². The summed E-state index contributed by atoms with van der Waals surface area (Å²) < 4.78 is 12.9. The van der Waals surface area contributed by atoms with E-state index in [1.54, 1.807) is 12.1 Å². The fourth-order valence-corrected chi connectivity index (χ4v) is 2.66. The number of hydrogen-bond acceptors (Lipinski definition) is 2. The second kappa shape index (κ2) is 7.92. The van der Waals surface area contributed by atoms with Crippen molar-refractivity contribution in [3.05, 3.63) is 35.6 Å². The molecule has 0 aromatic heterocycles. The first-order chi connectivity index (χ1) is 10.6. The Balaban J connectivity index is 1.57. The molecule has 2 N–H and O–H groups in total. The average molecular weight is 307 g/mol. The normalized spacial score (nSPS) is 19.7. The van der Waals surface area contributed by atoms with Crippen LogP contribution in [0.3, 0.4) is 0 Å². The smallest absolute Gasteiger partial charge is 0.303 e. The number of amides is 1. The fourth-order valence-electron chi connectivity index (χ4n) is 2.66. The minimum absolute atomic E-state index is 0.0115. The van der Waals surface area contributed by atoms with Crippen molar-refractivity contribution >= 4 is 11.9 Å². The number of carboxylic acid groups (broad SMARTS) is 1. The third-order valence-corrected chi connectivity index (χ3v) is 4.04. The summed E-state index contributed by atoms with van der Waals surface area (Å²) in [7, 11) is 0. The van der Waals surface area contributed by atoms with Gasteiger partial charge in [0, 0.05) is 18.9 Å². The molecule has 0 spiro atoms. The Labute approximate surface area is 129 Å². The number of carbonyl (C=O) groups is 2. The number of aliphatic carboxylic acids is 1. The molecule has 0 bridgehead atoms. The Bertz CT molecular complexity index is 515. The van der Waals surface area contributed by atoms with E-state index in [0.29, 0.717) is 13.0 Å². The zero-order valence-electron chi connectivity index (χ0n) is 12.6. The van der Waals surface area contributed by atoms with Gasteiger partial charge in [0.25, 0.3) is 0 Å². The first-order valence-corrected chi connectivity index (χ1v) is 7.83. The molecule has 4 nitrogen and oxygen atoms in total. The van der Waals surface area contributed by atoms with Crippen molar-refractivity contribution in [2.24, 2.45) is 5.92 Å². The van der Waals surface area contributed by atoms with Crippen molar-refractivity contribution < 1.29 is 19.1 Å². The third-order valence-electron chi connectivity index (χ3n) is 4.04. The van der Waals surface area contributed by atoms with Gasteiger partial charge in [-0.2, -0.15) is 0 Å². The first-order valence-electron chi connectivity index (χ1n) is 7.83. The molecule has 22 heavy (non-hydrogen) atoms. The van der Waals surface area contributed by atoms with Gasteiger partial charge in [0.1, 0.15) is 5.82 Å². The molecule has 2 atom stereocenters. The van der Waals surface area contributed by atoms with Crippen LogP contribution in [0.2, 0.25) is 0 Å². The number of nitrogens with one attached hydrogen (secondary N) is 1. The Kier molecular flexibility index (Phi) is 5.92. The van der Waals surface area contributed by atoms with Crippen molar-refractivity contribution in [1.82, 2.24) is 5.32 Å². The quantitative estimate of drug-likeness (QED) is 0.689. The van der Waals surface area contributed by atoms with Crippen molar-refractivity contribution in [3.63, 3.8) is 0 Å². The lowest BCUT2D eigenvalue weighted by molar-refractivity contribution is -0.137. The number of benzene rings is 1. The third kappa shape index (κ3) is 5.13. The van der Waals surface area contributed by atoms with E-state index in [1.165, 1.54) is 12.1 Å². The monoisotopic (exact) mass is 307 g/mol. The van der Waals surface area contributed by atoms with E-state index in [1.807, 2.05) is 0 Å². The highest BCUT2D eigenvalue weighted by molar-refractivity contribution is 5.82. The Morgan fingerprint density at radius 3 is 2.50 bits per heavy atom. The van der Waals surface area contributed by atoms with Crippen LogP contribution in [-0.4, -0.2) is 23.5 Å². The second-order valence-corrected chi connectivity index (χ2v) is 5.85. The molecule has 2 rings (SSSR count). The summed E-state index contributed by atoms with van der Waals surface area (Å²) in [6.45, 7) is 0.637. The highest BCUT2D eigenvalue weighted by atomic mass is 19.1. The average Bonchev–Trinajstić information content (AvgIpc) is 3.27. The van der Waals surface area contributed by atoms with Gasteiger partial charge in [0.2, 0.25) is 5.91 Å². The molecular weight excluding hydrogens is 285 g/mol. The van der Waals surface area contributed by atoms with E-state index in [2.05, 4.69) is 5.32 Å². The zero-order valence-corrected chi connectivity index (χ0v) is 12.6. The number of unbranched alkanes of at least 4 members (excludes halogenated alkanes) is 3. The standard InChI is InChI=1S/C17H22FNO3/c18-13-8-6-12(7-9-13)14-11-15(14)17(22)19-10-4-2-1-3-5-16(20)21/h6-9,14-15H,1-5,10-11H2,(H,19,22)(H,20,21). The molecule has 1 aromatic carbocycles. The van der Waals surface area contributed by atoms with Crippen LogP contribution in [-0.2, 0) is 9.59 Å². The van der Waals surface area contributed by atoms with Gasteiger partial charge in [-0.25, -0.2) is 4.39 Å². The van der Waals surface area contributed by atoms with Gasteiger partial charge in [0.15, 0.2) is 0 Å². The maximum atomic E-state index is 12.9. The molecule has 1 amide bonds. The maximum Gasteiger partial charge on any atom is 0.303 e. The molecule has 1 aliphatic rings. The van der Waals surface area contributed by atoms with Crippen LogP contribution >= 0.6 is 0 Å². The first kappa shape index (κ1) is 16.5. The van der Waals surface area contributed by atoms with Crippen LogP contribution in [0.4, 0.5) is 4.39 Å². The number of hydrogen-bond donors (Lipinski definition) is 2. The van der Waals surface area contributed by atoms with Crippen molar-refractivity contribution in [2.45, 2.75) is 44.4 Å². The van der Waals surface area contributed by atoms with Gasteiger partial charge >= 0.3 is 5.97 Å². The largest absolute Gasteiger partial charge is 0.481 e. The van der Waals surface area contributed by atoms with Crippen LogP contribution in [0.25, 0.3) is 0 Å². The molecule has 2 unspecified atom stereocenters. The van der Waals surface area contributed by atoms with Crippen molar-refractivity contribution in [3.8, 4) is 0 Å². The van der Waals surface area contributed by atoms with E-state index in [-0.39, 0.29) is 30.0 Å². The van der Waals surface area contributed by atoms with Gasteiger partial charge < -0.3 is 10.4 Å². The highest BCUT2D eigenvalue weighted by Gasteiger charge is 2.43. The minimum Gasteiger partial charge on any atom is -0.481 e. The summed E-state index contributed by atoms with van der Waals surface area (Å²) >= 11 is 0. The number of rotatable bonds is 9. The van der Waals surface area contributed by atoms with Crippen LogP contribution in [0.1, 0.15) is 50.0 Å². The molecule has 1 fully saturated rings. The lowest BCUT2D eigenvalue weighted by Crippen LogP contribution is -2.26. The number of carbonyl (C=O) groups excluding carboxylic acids is 1. The minimum atomic E-state index is -0.756. The van der Waals surface area contributed by atoms with Crippen molar-refractivity contribution in [1.29, 1.82) is 0 Å². The Hall–Kier alpha value is -1.91. The van der Waals surface area contributed by atoms with E-state index in [4.69, 9.17) is 5.11 Å². The zero-order chi connectivity index (χ0) is 15.9. The van der Waals surface area contributed by atoms with Crippen LogP contribution in [0, 0.1) is 11.7 Å². The lowest BCUT2D eigenvalue weighted by Gasteiger charge is -2.05. The Morgan fingerprint density at radius 2 is 1.82 bits per heavy atom. The summed E-state index contributed by atoms with van der Waals surface area (Å²) in [5, 5.41) is 11.4. The maximum absolute atomic E-state index is 12.9. The molecule has 5 heteroatoms. The summed E-state index contributed by atoms with van der Waals surface area (Å²) in [5.41, 5.74) is 1.02. The molecule has 120 valence electrons. The van der Waals surface area contributed by atoms with Crippen molar-refractivity contribution in [2.75, 3.05) is 6.54 Å². The van der Waals surface area contributed by atoms with Gasteiger partial charge in [-0.3, -0.25) is 9.59 Å². The SMILES string of the molecule is O=C(O)CCCCCCNC(=O)C1CC1c1ccc(F)cc1.